The average Bonchev–Trinajstić information content (AvgIpc) is 2.51. The van der Waals surface area contributed by atoms with Gasteiger partial charge in [0.15, 0.2) is 0 Å². The van der Waals surface area contributed by atoms with Gasteiger partial charge in [-0.1, -0.05) is 15.9 Å². The molecule has 8 heteroatoms. The fourth-order valence-electron chi connectivity index (χ4n) is 2.67. The van der Waals surface area contributed by atoms with E-state index in [1.54, 1.807) is 4.90 Å². The SMILES string of the molecule is CC(C)(C)OC(=O)N1CCC(COc2ccc(Br)cc2C(F)(F)F)CC1. The number of alkyl halides is 3. The van der Waals surface area contributed by atoms with Gasteiger partial charge in [0.1, 0.15) is 11.4 Å². The molecule has 4 nitrogen and oxygen atoms in total. The molecule has 0 radical (unpaired) electrons. The lowest BCUT2D eigenvalue weighted by Gasteiger charge is -2.33. The number of hydrogen-bond acceptors (Lipinski definition) is 3. The molecule has 26 heavy (non-hydrogen) atoms. The molecule has 1 aromatic rings. The van der Waals surface area contributed by atoms with E-state index in [9.17, 15) is 18.0 Å². The summed E-state index contributed by atoms with van der Waals surface area (Å²) in [5.74, 6) is -0.0753. The van der Waals surface area contributed by atoms with E-state index in [4.69, 9.17) is 9.47 Å². The first-order chi connectivity index (χ1) is 12.0. The molecule has 1 aromatic carbocycles. The van der Waals surface area contributed by atoms with E-state index >= 15 is 0 Å². The van der Waals surface area contributed by atoms with E-state index in [0.29, 0.717) is 30.4 Å². The molecule has 0 saturated carbocycles. The van der Waals surface area contributed by atoms with E-state index in [1.807, 2.05) is 20.8 Å². The summed E-state index contributed by atoms with van der Waals surface area (Å²) in [7, 11) is 0. The molecule has 0 atom stereocenters. The molecule has 0 aromatic heterocycles. The molecule has 0 N–H and O–H groups in total. The predicted octanol–water partition coefficient (Wildman–Crippen LogP) is 5.49. The van der Waals surface area contributed by atoms with Gasteiger partial charge in [-0.15, -0.1) is 0 Å². The van der Waals surface area contributed by atoms with Crippen LogP contribution in [0, 0.1) is 5.92 Å². The second kappa shape index (κ2) is 8.06. The van der Waals surface area contributed by atoms with Crippen molar-refractivity contribution in [2.24, 2.45) is 5.92 Å². The Morgan fingerprint density at radius 3 is 2.38 bits per heavy atom. The molecule has 1 aliphatic heterocycles. The summed E-state index contributed by atoms with van der Waals surface area (Å²) in [5.41, 5.74) is -1.34. The van der Waals surface area contributed by atoms with Gasteiger partial charge >= 0.3 is 12.3 Å². The van der Waals surface area contributed by atoms with Gasteiger partial charge < -0.3 is 14.4 Å². The molecular formula is C18H23BrF3NO3. The molecule has 1 saturated heterocycles. The van der Waals surface area contributed by atoms with Gasteiger partial charge in [-0.3, -0.25) is 0 Å². The quantitative estimate of drug-likeness (QED) is 0.626. The Morgan fingerprint density at radius 1 is 1.23 bits per heavy atom. The first-order valence-electron chi connectivity index (χ1n) is 8.43. The fraction of sp³-hybridized carbons (Fsp3) is 0.611. The highest BCUT2D eigenvalue weighted by Gasteiger charge is 2.35. The molecule has 1 aliphatic rings. The number of likely N-dealkylation sites (tertiary alicyclic amines) is 1. The molecule has 1 fully saturated rings. The van der Waals surface area contributed by atoms with Gasteiger partial charge in [-0.25, -0.2) is 4.79 Å². The van der Waals surface area contributed by atoms with Crippen molar-refractivity contribution in [2.75, 3.05) is 19.7 Å². The molecule has 2 rings (SSSR count). The fourth-order valence-corrected chi connectivity index (χ4v) is 3.03. The summed E-state index contributed by atoms with van der Waals surface area (Å²) in [6.07, 6.45) is -3.50. The Morgan fingerprint density at radius 2 is 1.85 bits per heavy atom. The third-order valence-electron chi connectivity index (χ3n) is 3.99. The van der Waals surface area contributed by atoms with Gasteiger partial charge in [0, 0.05) is 17.6 Å². The monoisotopic (exact) mass is 437 g/mol. The Kier molecular flexibility index (Phi) is 6.47. The second-order valence-electron chi connectivity index (χ2n) is 7.36. The topological polar surface area (TPSA) is 38.8 Å². The minimum atomic E-state index is -4.47. The summed E-state index contributed by atoms with van der Waals surface area (Å²) in [4.78, 5) is 13.7. The van der Waals surface area contributed by atoms with Crippen LogP contribution < -0.4 is 4.74 Å². The first-order valence-corrected chi connectivity index (χ1v) is 9.22. The Labute approximate surface area is 159 Å². The number of ether oxygens (including phenoxy) is 2. The average molecular weight is 438 g/mol. The largest absolute Gasteiger partial charge is 0.493 e. The number of halogens is 4. The molecule has 0 spiro atoms. The third kappa shape index (κ3) is 6.07. The molecule has 0 unspecified atom stereocenters. The minimum Gasteiger partial charge on any atom is -0.493 e. The van der Waals surface area contributed by atoms with Gasteiger partial charge in [0.05, 0.1) is 12.2 Å². The van der Waals surface area contributed by atoms with Crippen LogP contribution in [0.25, 0.3) is 0 Å². The van der Waals surface area contributed by atoms with Crippen molar-refractivity contribution >= 4 is 22.0 Å². The smallest absolute Gasteiger partial charge is 0.420 e. The summed E-state index contributed by atoms with van der Waals surface area (Å²) >= 11 is 3.05. The highest BCUT2D eigenvalue weighted by molar-refractivity contribution is 9.10. The number of benzene rings is 1. The normalized spacial score (nSPS) is 16.5. The lowest BCUT2D eigenvalue weighted by atomic mass is 9.98. The molecule has 1 amide bonds. The number of nitrogens with zero attached hydrogens (tertiary/aromatic N) is 1. The number of amides is 1. The van der Waals surface area contributed by atoms with Crippen LogP contribution in [0.2, 0.25) is 0 Å². The maximum atomic E-state index is 13.1. The van der Waals surface area contributed by atoms with Crippen LogP contribution in [0.4, 0.5) is 18.0 Å². The van der Waals surface area contributed by atoms with Crippen molar-refractivity contribution < 1.29 is 27.4 Å². The number of carbonyl (C=O) groups excluding carboxylic acids is 1. The predicted molar refractivity (Wildman–Crippen MR) is 95.2 cm³/mol. The van der Waals surface area contributed by atoms with Crippen LogP contribution in [-0.2, 0) is 10.9 Å². The zero-order valence-electron chi connectivity index (χ0n) is 15.0. The molecule has 146 valence electrons. The minimum absolute atomic E-state index is 0.0958. The molecule has 0 aliphatic carbocycles. The van der Waals surface area contributed by atoms with Gasteiger partial charge in [0.25, 0.3) is 0 Å². The maximum absolute atomic E-state index is 13.1. The van der Waals surface area contributed by atoms with Gasteiger partial charge in [-0.05, 0) is 57.7 Å². The summed E-state index contributed by atoms with van der Waals surface area (Å²) in [5, 5.41) is 0. The van der Waals surface area contributed by atoms with Crippen molar-refractivity contribution in [1.29, 1.82) is 0 Å². The number of carbonyl (C=O) groups is 1. The van der Waals surface area contributed by atoms with Crippen LogP contribution >= 0.6 is 15.9 Å². The van der Waals surface area contributed by atoms with E-state index < -0.39 is 17.3 Å². The standard InChI is InChI=1S/C18H23BrF3NO3/c1-17(2,3)26-16(24)23-8-6-12(7-9-23)11-25-15-5-4-13(19)10-14(15)18(20,21)22/h4-5,10,12H,6-9,11H2,1-3H3. The Hall–Kier alpha value is -1.44. The Balaban J connectivity index is 1.89. The van der Waals surface area contributed by atoms with Gasteiger partial charge in [0.2, 0.25) is 0 Å². The maximum Gasteiger partial charge on any atom is 0.420 e. The van der Waals surface area contributed by atoms with E-state index in [-0.39, 0.29) is 24.4 Å². The van der Waals surface area contributed by atoms with E-state index in [2.05, 4.69) is 15.9 Å². The van der Waals surface area contributed by atoms with Crippen molar-refractivity contribution in [2.45, 2.75) is 45.4 Å². The highest BCUT2D eigenvalue weighted by Crippen LogP contribution is 2.38. The number of rotatable bonds is 3. The number of hydrogen-bond donors (Lipinski definition) is 0. The van der Waals surface area contributed by atoms with E-state index in [0.717, 1.165) is 6.07 Å². The Bertz CT molecular complexity index is 636. The zero-order chi connectivity index (χ0) is 19.5. The van der Waals surface area contributed by atoms with Crippen LogP contribution in [0.3, 0.4) is 0 Å². The van der Waals surface area contributed by atoms with Crippen molar-refractivity contribution in [3.63, 3.8) is 0 Å². The van der Waals surface area contributed by atoms with Crippen molar-refractivity contribution in [3.8, 4) is 5.75 Å². The van der Waals surface area contributed by atoms with Crippen LogP contribution in [0.5, 0.6) is 5.75 Å². The van der Waals surface area contributed by atoms with Crippen LogP contribution in [-0.4, -0.2) is 36.3 Å². The van der Waals surface area contributed by atoms with Gasteiger partial charge in [-0.2, -0.15) is 13.2 Å². The van der Waals surface area contributed by atoms with E-state index in [1.165, 1.54) is 12.1 Å². The second-order valence-corrected chi connectivity index (χ2v) is 8.28. The summed E-state index contributed by atoms with van der Waals surface area (Å²) in [6, 6.07) is 3.86. The molecule has 1 heterocycles. The zero-order valence-corrected chi connectivity index (χ0v) is 16.6. The van der Waals surface area contributed by atoms with Crippen LogP contribution in [0.1, 0.15) is 39.2 Å². The van der Waals surface area contributed by atoms with Crippen molar-refractivity contribution in [1.82, 2.24) is 4.90 Å². The number of piperidine rings is 1. The molecular weight excluding hydrogens is 415 g/mol. The molecule has 0 bridgehead atoms. The lowest BCUT2D eigenvalue weighted by molar-refractivity contribution is -0.139. The summed E-state index contributed by atoms with van der Waals surface area (Å²) < 4.78 is 50.5. The van der Waals surface area contributed by atoms with Crippen molar-refractivity contribution in [3.05, 3.63) is 28.2 Å². The lowest BCUT2D eigenvalue weighted by Crippen LogP contribution is -2.42. The third-order valence-corrected chi connectivity index (χ3v) is 4.48. The summed E-state index contributed by atoms with van der Waals surface area (Å²) in [6.45, 7) is 6.63. The highest BCUT2D eigenvalue weighted by atomic mass is 79.9. The van der Waals surface area contributed by atoms with Crippen LogP contribution in [0.15, 0.2) is 22.7 Å². The first kappa shape index (κ1) is 20.9.